The van der Waals surface area contributed by atoms with Crippen LogP contribution < -0.4 is 0 Å². The molecular weight excluding hydrogens is 310 g/mol. The van der Waals surface area contributed by atoms with Crippen LogP contribution in [0.3, 0.4) is 0 Å². The fourth-order valence-electron chi connectivity index (χ4n) is 2.66. The van der Waals surface area contributed by atoms with Crippen LogP contribution in [-0.2, 0) is 0 Å². The van der Waals surface area contributed by atoms with Crippen LogP contribution in [0, 0.1) is 0 Å². The van der Waals surface area contributed by atoms with Crippen LogP contribution in [0.1, 0.15) is 16.1 Å². The first-order chi connectivity index (χ1) is 12.3. The third kappa shape index (κ3) is 3.10. The highest BCUT2D eigenvalue weighted by atomic mass is 16.1. The molecule has 0 aliphatic heterocycles. The highest BCUT2D eigenvalue weighted by Gasteiger charge is 2.13. The van der Waals surface area contributed by atoms with Crippen molar-refractivity contribution in [1.82, 2.24) is 14.5 Å². The van der Waals surface area contributed by atoms with Crippen molar-refractivity contribution in [2.75, 3.05) is 0 Å². The van der Waals surface area contributed by atoms with Gasteiger partial charge in [0, 0.05) is 29.7 Å². The van der Waals surface area contributed by atoms with Crippen LogP contribution >= 0.6 is 0 Å². The van der Waals surface area contributed by atoms with Gasteiger partial charge in [-0.3, -0.25) is 4.79 Å². The number of nitrogens with zero attached hydrogens (tertiary/aromatic N) is 3. The zero-order valence-corrected chi connectivity index (χ0v) is 13.4. The molecule has 0 unspecified atom stereocenters. The summed E-state index contributed by atoms with van der Waals surface area (Å²) in [6.07, 6.45) is 5.33. The van der Waals surface area contributed by atoms with Crippen molar-refractivity contribution in [2.45, 2.75) is 0 Å². The fourth-order valence-corrected chi connectivity index (χ4v) is 2.66. The lowest BCUT2D eigenvalue weighted by Gasteiger charge is -2.03. The Bertz CT molecular complexity index is 1010. The van der Waals surface area contributed by atoms with Gasteiger partial charge in [0.15, 0.2) is 0 Å². The number of carbonyl (C=O) groups is 1. The highest BCUT2D eigenvalue weighted by molar-refractivity contribution is 6.07. The quantitative estimate of drug-likeness (QED) is 0.529. The first kappa shape index (κ1) is 15.0. The van der Waals surface area contributed by atoms with Crippen LogP contribution in [0.25, 0.3) is 17.1 Å². The summed E-state index contributed by atoms with van der Waals surface area (Å²) in [5.41, 5.74) is 2.79. The van der Waals surface area contributed by atoms with Gasteiger partial charge in [-0.15, -0.1) is 0 Å². The third-order valence-electron chi connectivity index (χ3n) is 3.92. The molecule has 4 nitrogen and oxygen atoms in total. The van der Waals surface area contributed by atoms with Gasteiger partial charge in [-0.25, -0.2) is 9.97 Å². The molecule has 0 atom stereocenters. The van der Waals surface area contributed by atoms with Crippen molar-refractivity contribution in [2.24, 2.45) is 0 Å². The summed E-state index contributed by atoms with van der Waals surface area (Å²) in [5.74, 6) is 0.667. The molecule has 0 N–H and O–H groups in total. The molecule has 0 saturated heterocycles. The standard InChI is InChI=1S/C21H15N3O/c25-21(17-12-14-24(15-17)20-11-4-5-13-22-20)19-10-6-9-18(23-19)16-7-2-1-3-8-16/h1-15H. The number of rotatable bonds is 4. The summed E-state index contributed by atoms with van der Waals surface area (Å²) >= 11 is 0. The van der Waals surface area contributed by atoms with Gasteiger partial charge in [0.1, 0.15) is 11.5 Å². The minimum Gasteiger partial charge on any atom is -0.308 e. The van der Waals surface area contributed by atoms with Gasteiger partial charge in [0.25, 0.3) is 0 Å². The van der Waals surface area contributed by atoms with Crippen LogP contribution in [0.15, 0.2) is 91.4 Å². The molecule has 3 aromatic heterocycles. The van der Waals surface area contributed by atoms with Crippen LogP contribution in [-0.4, -0.2) is 20.3 Å². The Morgan fingerprint density at radius 1 is 0.840 bits per heavy atom. The Hall–Kier alpha value is -3.53. The van der Waals surface area contributed by atoms with Crippen LogP contribution in [0.4, 0.5) is 0 Å². The van der Waals surface area contributed by atoms with E-state index in [4.69, 9.17) is 0 Å². The molecule has 4 rings (SSSR count). The lowest BCUT2D eigenvalue weighted by Crippen LogP contribution is -2.04. The van der Waals surface area contributed by atoms with Crippen molar-refractivity contribution in [3.63, 3.8) is 0 Å². The predicted octanol–water partition coefficient (Wildman–Crippen LogP) is 4.17. The molecule has 0 spiro atoms. The molecule has 120 valence electrons. The molecule has 0 fully saturated rings. The molecule has 4 heteroatoms. The van der Waals surface area contributed by atoms with E-state index in [0.717, 1.165) is 17.1 Å². The Kier molecular flexibility index (Phi) is 3.92. The molecule has 0 amide bonds. The minimum atomic E-state index is -0.104. The number of aromatic nitrogens is 3. The van der Waals surface area contributed by atoms with Gasteiger partial charge in [-0.2, -0.15) is 0 Å². The molecular formula is C21H15N3O. The van der Waals surface area contributed by atoms with E-state index in [1.54, 1.807) is 24.5 Å². The maximum Gasteiger partial charge on any atom is 0.212 e. The maximum atomic E-state index is 12.8. The van der Waals surface area contributed by atoms with E-state index in [2.05, 4.69) is 9.97 Å². The maximum absolute atomic E-state index is 12.8. The highest BCUT2D eigenvalue weighted by Crippen LogP contribution is 2.18. The molecule has 4 aromatic rings. The van der Waals surface area contributed by atoms with Gasteiger partial charge < -0.3 is 4.57 Å². The molecule has 1 aromatic carbocycles. The average Bonchev–Trinajstić information content (AvgIpc) is 3.19. The zero-order valence-electron chi connectivity index (χ0n) is 13.4. The van der Waals surface area contributed by atoms with Crippen molar-refractivity contribution < 1.29 is 4.79 Å². The predicted molar refractivity (Wildman–Crippen MR) is 96.7 cm³/mol. The lowest BCUT2D eigenvalue weighted by atomic mass is 10.1. The first-order valence-electron chi connectivity index (χ1n) is 7.98. The summed E-state index contributed by atoms with van der Waals surface area (Å²) in [4.78, 5) is 21.6. The van der Waals surface area contributed by atoms with Crippen LogP contribution in [0.2, 0.25) is 0 Å². The lowest BCUT2D eigenvalue weighted by molar-refractivity contribution is 0.103. The number of benzene rings is 1. The van der Waals surface area contributed by atoms with Gasteiger partial charge in [0.05, 0.1) is 5.69 Å². The molecule has 3 heterocycles. The zero-order chi connectivity index (χ0) is 17.1. The van der Waals surface area contributed by atoms with Gasteiger partial charge in [0.2, 0.25) is 5.78 Å². The Labute approximate surface area is 145 Å². The van der Waals surface area contributed by atoms with Crippen molar-refractivity contribution in [3.8, 4) is 17.1 Å². The third-order valence-corrected chi connectivity index (χ3v) is 3.92. The van der Waals surface area contributed by atoms with Gasteiger partial charge >= 0.3 is 0 Å². The van der Waals surface area contributed by atoms with E-state index >= 15 is 0 Å². The number of ketones is 1. The number of hydrogen-bond donors (Lipinski definition) is 0. The summed E-state index contributed by atoms with van der Waals surface area (Å²) in [5, 5.41) is 0. The average molecular weight is 325 g/mol. The van der Waals surface area contributed by atoms with Gasteiger partial charge in [-0.1, -0.05) is 42.5 Å². The molecule has 25 heavy (non-hydrogen) atoms. The number of carbonyl (C=O) groups excluding carboxylic acids is 1. The van der Waals surface area contributed by atoms with Crippen molar-refractivity contribution >= 4 is 5.78 Å². The first-order valence-corrected chi connectivity index (χ1v) is 7.98. The smallest absolute Gasteiger partial charge is 0.212 e. The molecule has 0 aliphatic rings. The summed E-state index contributed by atoms with van der Waals surface area (Å²) < 4.78 is 1.83. The molecule has 0 aliphatic carbocycles. The second-order valence-electron chi connectivity index (χ2n) is 5.60. The summed E-state index contributed by atoms with van der Waals surface area (Å²) in [6.45, 7) is 0. The summed E-state index contributed by atoms with van der Waals surface area (Å²) in [7, 11) is 0. The fraction of sp³-hybridized carbons (Fsp3) is 0. The van der Waals surface area contributed by atoms with Crippen LogP contribution in [0.5, 0.6) is 0 Å². The van der Waals surface area contributed by atoms with Gasteiger partial charge in [-0.05, 0) is 30.3 Å². The molecule has 0 radical (unpaired) electrons. The second kappa shape index (κ2) is 6.53. The Morgan fingerprint density at radius 3 is 2.48 bits per heavy atom. The van der Waals surface area contributed by atoms with E-state index in [1.807, 2.05) is 71.4 Å². The number of hydrogen-bond acceptors (Lipinski definition) is 3. The van der Waals surface area contributed by atoms with Crippen molar-refractivity contribution in [1.29, 1.82) is 0 Å². The SMILES string of the molecule is O=C(c1ccn(-c2ccccn2)c1)c1cccc(-c2ccccc2)n1. The van der Waals surface area contributed by atoms with E-state index in [1.165, 1.54) is 0 Å². The second-order valence-corrected chi connectivity index (χ2v) is 5.60. The Morgan fingerprint density at radius 2 is 1.68 bits per heavy atom. The largest absolute Gasteiger partial charge is 0.308 e. The molecule has 0 bridgehead atoms. The van der Waals surface area contributed by atoms with Crippen molar-refractivity contribution in [3.05, 3.63) is 103 Å². The number of pyridine rings is 2. The topological polar surface area (TPSA) is 47.8 Å². The monoisotopic (exact) mass is 325 g/mol. The Balaban J connectivity index is 1.65. The van der Waals surface area contributed by atoms with E-state index in [0.29, 0.717) is 11.3 Å². The van der Waals surface area contributed by atoms with E-state index < -0.39 is 0 Å². The van der Waals surface area contributed by atoms with E-state index in [-0.39, 0.29) is 5.78 Å². The minimum absolute atomic E-state index is 0.104. The normalized spacial score (nSPS) is 10.6. The summed E-state index contributed by atoms with van der Waals surface area (Å²) in [6, 6.07) is 22.8. The molecule has 0 saturated carbocycles. The van der Waals surface area contributed by atoms with E-state index in [9.17, 15) is 4.79 Å².